The average molecular weight is 277 g/mol. The van der Waals surface area contributed by atoms with Crippen molar-refractivity contribution < 1.29 is 14.3 Å². The second-order valence-corrected chi connectivity index (χ2v) is 5.89. The molecular weight excluding hydrogens is 257 g/mol. The van der Waals surface area contributed by atoms with Crippen LogP contribution in [-0.4, -0.2) is 23.7 Å². The summed E-state index contributed by atoms with van der Waals surface area (Å²) in [6, 6.07) is 4.99. The molecule has 1 saturated carbocycles. The maximum absolute atomic E-state index is 13.9. The van der Waals surface area contributed by atoms with Crippen LogP contribution in [0.3, 0.4) is 0 Å². The molecule has 20 heavy (non-hydrogen) atoms. The zero-order valence-electron chi connectivity index (χ0n) is 11.5. The monoisotopic (exact) mass is 277 g/mol. The Kier molecular flexibility index (Phi) is 3.64. The van der Waals surface area contributed by atoms with Gasteiger partial charge in [-0.3, -0.25) is 0 Å². The first-order valence-electron chi connectivity index (χ1n) is 7.47. The lowest BCUT2D eigenvalue weighted by Gasteiger charge is -2.45. The van der Waals surface area contributed by atoms with E-state index in [2.05, 4.69) is 4.90 Å². The lowest BCUT2D eigenvalue weighted by atomic mass is 9.78. The number of hydrogen-bond donors (Lipinski definition) is 1. The third-order valence-corrected chi connectivity index (χ3v) is 4.76. The zero-order valence-corrected chi connectivity index (χ0v) is 11.5. The van der Waals surface area contributed by atoms with Gasteiger partial charge in [0.25, 0.3) is 0 Å². The Morgan fingerprint density at radius 3 is 2.75 bits per heavy atom. The highest BCUT2D eigenvalue weighted by molar-refractivity contribution is 5.94. The lowest BCUT2D eigenvalue weighted by Crippen LogP contribution is -2.47. The van der Waals surface area contributed by atoms with E-state index in [-0.39, 0.29) is 5.56 Å². The largest absolute Gasteiger partial charge is 0.478 e. The van der Waals surface area contributed by atoms with Crippen LogP contribution in [-0.2, 0) is 0 Å². The minimum atomic E-state index is -1.17. The second-order valence-electron chi connectivity index (χ2n) is 5.89. The van der Waals surface area contributed by atoms with Crippen LogP contribution in [0.25, 0.3) is 0 Å². The van der Waals surface area contributed by atoms with Gasteiger partial charge in [0.05, 0.1) is 5.69 Å². The molecule has 0 spiro atoms. The number of carboxylic acid groups (broad SMARTS) is 1. The first kappa shape index (κ1) is 13.4. The van der Waals surface area contributed by atoms with Gasteiger partial charge in [-0.15, -0.1) is 0 Å². The molecule has 1 saturated heterocycles. The Bertz CT molecular complexity index is 515. The molecule has 1 N–H and O–H groups in total. The van der Waals surface area contributed by atoms with Crippen LogP contribution in [0.15, 0.2) is 18.2 Å². The fourth-order valence-corrected chi connectivity index (χ4v) is 3.89. The summed E-state index contributed by atoms with van der Waals surface area (Å²) in [5.41, 5.74) is 0.396. The third-order valence-electron chi connectivity index (χ3n) is 4.76. The highest BCUT2D eigenvalue weighted by atomic mass is 19.1. The molecule has 0 amide bonds. The first-order chi connectivity index (χ1) is 9.68. The summed E-state index contributed by atoms with van der Waals surface area (Å²) in [5.74, 6) is -1.16. The Morgan fingerprint density at radius 1 is 1.20 bits per heavy atom. The first-order valence-corrected chi connectivity index (χ1v) is 7.47. The van der Waals surface area contributed by atoms with Crippen LogP contribution in [0.1, 0.15) is 48.9 Å². The smallest absolute Gasteiger partial charge is 0.340 e. The molecule has 0 radical (unpaired) electrons. The number of aromatic carboxylic acids is 1. The van der Waals surface area contributed by atoms with Crippen LogP contribution in [0.5, 0.6) is 0 Å². The molecule has 108 valence electrons. The van der Waals surface area contributed by atoms with Crippen LogP contribution < -0.4 is 4.90 Å². The summed E-state index contributed by atoms with van der Waals surface area (Å²) < 4.78 is 13.9. The van der Waals surface area contributed by atoms with Gasteiger partial charge in [0.15, 0.2) is 0 Å². The summed E-state index contributed by atoms with van der Waals surface area (Å²) in [6.07, 6.45) is 7.06. The van der Waals surface area contributed by atoms with Crippen molar-refractivity contribution in [2.24, 2.45) is 5.92 Å². The number of nitrogens with zero attached hydrogens (tertiary/aromatic N) is 1. The van der Waals surface area contributed by atoms with Gasteiger partial charge in [-0.25, -0.2) is 9.18 Å². The molecular formula is C16H20FNO2. The van der Waals surface area contributed by atoms with Gasteiger partial charge < -0.3 is 10.0 Å². The molecule has 1 aromatic rings. The molecule has 3 nitrogen and oxygen atoms in total. The maximum Gasteiger partial charge on any atom is 0.340 e. The number of benzene rings is 1. The minimum Gasteiger partial charge on any atom is -0.478 e. The number of halogens is 1. The van der Waals surface area contributed by atoms with Crippen molar-refractivity contribution in [2.45, 2.75) is 44.6 Å². The van der Waals surface area contributed by atoms with Gasteiger partial charge in [0, 0.05) is 12.6 Å². The van der Waals surface area contributed by atoms with Crippen molar-refractivity contribution in [1.82, 2.24) is 0 Å². The molecule has 4 heteroatoms. The molecule has 0 unspecified atom stereocenters. The predicted octanol–water partition coefficient (Wildman–Crippen LogP) is 3.68. The average Bonchev–Trinajstić information content (AvgIpc) is 2.46. The van der Waals surface area contributed by atoms with E-state index in [9.17, 15) is 14.3 Å². The Morgan fingerprint density at radius 2 is 1.95 bits per heavy atom. The molecule has 0 bridgehead atoms. The SMILES string of the molecule is O=C(O)c1c(F)cccc1N1CCC[C@H]2CCCC[C@H]21. The van der Waals surface area contributed by atoms with E-state index in [1.165, 1.54) is 31.7 Å². The van der Waals surface area contributed by atoms with Crippen LogP contribution >= 0.6 is 0 Å². The van der Waals surface area contributed by atoms with Crippen LogP contribution in [0.2, 0.25) is 0 Å². The molecule has 1 heterocycles. The highest BCUT2D eigenvalue weighted by Gasteiger charge is 2.35. The van der Waals surface area contributed by atoms with E-state index < -0.39 is 11.8 Å². The van der Waals surface area contributed by atoms with Gasteiger partial charge in [-0.1, -0.05) is 18.9 Å². The summed E-state index contributed by atoms with van der Waals surface area (Å²) in [5, 5.41) is 9.31. The minimum absolute atomic E-state index is 0.168. The normalized spacial score (nSPS) is 26.1. The van der Waals surface area contributed by atoms with Gasteiger partial charge in [-0.2, -0.15) is 0 Å². The number of hydrogen-bond acceptors (Lipinski definition) is 2. The van der Waals surface area contributed by atoms with E-state index in [4.69, 9.17) is 0 Å². The van der Waals surface area contributed by atoms with Gasteiger partial charge in [-0.05, 0) is 43.7 Å². The van der Waals surface area contributed by atoms with Crippen molar-refractivity contribution in [1.29, 1.82) is 0 Å². The van der Waals surface area contributed by atoms with Crippen molar-refractivity contribution in [2.75, 3.05) is 11.4 Å². The van der Waals surface area contributed by atoms with Crippen molar-refractivity contribution >= 4 is 11.7 Å². The lowest BCUT2D eigenvalue weighted by molar-refractivity contribution is 0.0692. The number of carbonyl (C=O) groups is 1. The van der Waals surface area contributed by atoms with Crippen LogP contribution in [0.4, 0.5) is 10.1 Å². The number of carboxylic acids is 1. The molecule has 3 rings (SSSR count). The molecule has 1 aliphatic heterocycles. The quantitative estimate of drug-likeness (QED) is 0.896. The summed E-state index contributed by atoms with van der Waals surface area (Å²) >= 11 is 0. The second kappa shape index (κ2) is 5.43. The molecule has 1 aromatic carbocycles. The fraction of sp³-hybridized carbons (Fsp3) is 0.562. The maximum atomic E-state index is 13.9. The van der Waals surface area contributed by atoms with E-state index in [1.54, 1.807) is 12.1 Å². The predicted molar refractivity (Wildman–Crippen MR) is 75.7 cm³/mol. The van der Waals surface area contributed by atoms with Gasteiger partial charge in [0.1, 0.15) is 11.4 Å². The van der Waals surface area contributed by atoms with Crippen molar-refractivity contribution in [3.8, 4) is 0 Å². The topological polar surface area (TPSA) is 40.5 Å². The van der Waals surface area contributed by atoms with Crippen molar-refractivity contribution in [3.63, 3.8) is 0 Å². The van der Waals surface area contributed by atoms with Crippen LogP contribution in [0, 0.1) is 11.7 Å². The Balaban J connectivity index is 1.99. The summed E-state index contributed by atoms with van der Waals surface area (Å²) in [6.45, 7) is 0.838. The van der Waals surface area contributed by atoms with E-state index >= 15 is 0 Å². The fourth-order valence-electron chi connectivity index (χ4n) is 3.89. The number of piperidine rings is 1. The van der Waals surface area contributed by atoms with E-state index in [0.717, 1.165) is 19.4 Å². The molecule has 2 aliphatic rings. The number of fused-ring (bicyclic) bond motifs is 1. The molecule has 1 aliphatic carbocycles. The number of anilines is 1. The highest BCUT2D eigenvalue weighted by Crippen LogP contribution is 2.39. The summed E-state index contributed by atoms with van der Waals surface area (Å²) in [7, 11) is 0. The van der Waals surface area contributed by atoms with E-state index in [1.807, 2.05) is 0 Å². The molecule has 2 fully saturated rings. The van der Waals surface area contributed by atoms with Crippen molar-refractivity contribution in [3.05, 3.63) is 29.6 Å². The molecule has 0 aromatic heterocycles. The Hall–Kier alpha value is -1.58. The zero-order chi connectivity index (χ0) is 14.1. The third kappa shape index (κ3) is 2.28. The molecule has 2 atom stereocenters. The van der Waals surface area contributed by atoms with E-state index in [0.29, 0.717) is 17.6 Å². The summed E-state index contributed by atoms with van der Waals surface area (Å²) in [4.78, 5) is 13.5. The number of rotatable bonds is 2. The van der Waals surface area contributed by atoms with Gasteiger partial charge >= 0.3 is 5.97 Å². The Labute approximate surface area is 118 Å². The standard InChI is InChI=1S/C16H20FNO2/c17-12-7-3-9-14(15(12)16(19)20)18-10-4-6-11-5-1-2-8-13(11)18/h3,7,9,11,13H,1-2,4-6,8,10H2,(H,19,20)/t11-,13-/m1/s1. The van der Waals surface area contributed by atoms with Gasteiger partial charge in [0.2, 0.25) is 0 Å².